The summed E-state index contributed by atoms with van der Waals surface area (Å²) in [5.74, 6) is 4.17. The number of nitrogens with one attached hydrogen (secondary N) is 2. The maximum atomic E-state index is 12.0. The Morgan fingerprint density at radius 2 is 2.12 bits per heavy atom. The van der Waals surface area contributed by atoms with Crippen LogP contribution in [-0.4, -0.2) is 48.1 Å². The van der Waals surface area contributed by atoms with Crippen molar-refractivity contribution in [2.75, 3.05) is 36.0 Å². The Hall–Kier alpha value is -0.690. The van der Waals surface area contributed by atoms with Gasteiger partial charge in [0.2, 0.25) is 5.91 Å². The summed E-state index contributed by atoms with van der Waals surface area (Å²) in [5.41, 5.74) is 1.06. The van der Waals surface area contributed by atoms with Gasteiger partial charge in [0.1, 0.15) is 5.82 Å². The van der Waals surface area contributed by atoms with E-state index in [2.05, 4.69) is 39.6 Å². The van der Waals surface area contributed by atoms with Crippen LogP contribution in [0, 0.1) is 5.92 Å². The standard InChI is InChI=1S/C18H28N4OS.2ClH/c1-14-4-7-22(8-5-14)17-3-2-15(11-20-17)12-21-18(23)10-16-13-24-9-6-19-16;;/h2-3,11,14,16,19H,4-10,12-13H2,1H3,(H,21,23);2*1H. The third-order valence-electron chi connectivity index (χ3n) is 4.84. The first-order valence-electron chi connectivity index (χ1n) is 8.98. The molecule has 2 fully saturated rings. The topological polar surface area (TPSA) is 57.3 Å². The summed E-state index contributed by atoms with van der Waals surface area (Å²) < 4.78 is 0. The van der Waals surface area contributed by atoms with E-state index in [4.69, 9.17) is 0 Å². The Labute approximate surface area is 173 Å². The highest BCUT2D eigenvalue weighted by Crippen LogP contribution is 2.21. The van der Waals surface area contributed by atoms with E-state index in [0.717, 1.165) is 48.4 Å². The number of aromatic nitrogens is 1. The summed E-state index contributed by atoms with van der Waals surface area (Å²) in [6.45, 7) is 6.07. The van der Waals surface area contributed by atoms with Gasteiger partial charge in [-0.15, -0.1) is 24.8 Å². The second-order valence-electron chi connectivity index (χ2n) is 6.90. The van der Waals surface area contributed by atoms with Gasteiger partial charge < -0.3 is 15.5 Å². The number of thioether (sulfide) groups is 1. The quantitative estimate of drug-likeness (QED) is 0.766. The fourth-order valence-corrected chi connectivity index (χ4v) is 4.14. The molecule has 5 nitrogen and oxygen atoms in total. The van der Waals surface area contributed by atoms with Crippen LogP contribution < -0.4 is 15.5 Å². The fraction of sp³-hybridized carbons (Fsp3) is 0.667. The average molecular weight is 421 g/mol. The van der Waals surface area contributed by atoms with E-state index in [1.165, 1.54) is 12.8 Å². The smallest absolute Gasteiger partial charge is 0.221 e. The van der Waals surface area contributed by atoms with E-state index in [1.807, 2.05) is 18.0 Å². The maximum absolute atomic E-state index is 12.0. The van der Waals surface area contributed by atoms with Crippen LogP contribution in [0.3, 0.4) is 0 Å². The molecule has 2 saturated heterocycles. The number of pyridine rings is 1. The molecule has 0 aliphatic carbocycles. The highest BCUT2D eigenvalue weighted by Gasteiger charge is 2.18. The number of hydrogen-bond donors (Lipinski definition) is 2. The third kappa shape index (κ3) is 7.14. The van der Waals surface area contributed by atoms with Gasteiger partial charge in [0.25, 0.3) is 0 Å². The Morgan fingerprint density at radius 3 is 2.73 bits per heavy atom. The summed E-state index contributed by atoms with van der Waals surface area (Å²) in [5, 5.41) is 6.40. The molecule has 148 valence electrons. The Bertz CT molecular complexity index is 532. The van der Waals surface area contributed by atoms with E-state index in [-0.39, 0.29) is 30.7 Å². The third-order valence-corrected chi connectivity index (χ3v) is 5.97. The molecule has 8 heteroatoms. The van der Waals surface area contributed by atoms with Crippen molar-refractivity contribution in [3.63, 3.8) is 0 Å². The number of nitrogens with zero attached hydrogens (tertiary/aromatic N) is 2. The second-order valence-corrected chi connectivity index (χ2v) is 8.05. The summed E-state index contributed by atoms with van der Waals surface area (Å²) >= 11 is 1.92. The van der Waals surface area contributed by atoms with Crippen LogP contribution in [0.1, 0.15) is 31.7 Å². The first-order valence-corrected chi connectivity index (χ1v) is 10.1. The van der Waals surface area contributed by atoms with Gasteiger partial charge in [-0.2, -0.15) is 11.8 Å². The zero-order valence-electron chi connectivity index (χ0n) is 15.3. The van der Waals surface area contributed by atoms with Crippen LogP contribution in [-0.2, 0) is 11.3 Å². The van der Waals surface area contributed by atoms with Crippen LogP contribution in [0.25, 0.3) is 0 Å². The number of carbonyl (C=O) groups is 1. The van der Waals surface area contributed by atoms with Gasteiger partial charge in [-0.1, -0.05) is 13.0 Å². The fourth-order valence-electron chi connectivity index (χ4n) is 3.19. The summed E-state index contributed by atoms with van der Waals surface area (Å²) in [6.07, 6.45) is 4.94. The lowest BCUT2D eigenvalue weighted by Crippen LogP contribution is -2.41. The predicted octanol–water partition coefficient (Wildman–Crippen LogP) is 2.87. The van der Waals surface area contributed by atoms with Gasteiger partial charge in [0, 0.05) is 56.3 Å². The van der Waals surface area contributed by atoms with Gasteiger partial charge in [-0.05, 0) is 30.4 Å². The zero-order chi connectivity index (χ0) is 16.8. The van der Waals surface area contributed by atoms with Crippen molar-refractivity contribution >= 4 is 48.3 Å². The van der Waals surface area contributed by atoms with Crippen LogP contribution in [0.5, 0.6) is 0 Å². The molecular weight excluding hydrogens is 391 g/mol. The Balaban J connectivity index is 0.00000169. The first-order chi connectivity index (χ1) is 11.7. The maximum Gasteiger partial charge on any atom is 0.221 e. The Morgan fingerprint density at radius 1 is 1.35 bits per heavy atom. The molecule has 1 unspecified atom stereocenters. The largest absolute Gasteiger partial charge is 0.357 e. The minimum atomic E-state index is 0. The Kier molecular flexibility index (Phi) is 10.7. The van der Waals surface area contributed by atoms with Crippen LogP contribution in [0.4, 0.5) is 5.82 Å². The van der Waals surface area contributed by atoms with E-state index >= 15 is 0 Å². The van der Waals surface area contributed by atoms with Gasteiger partial charge >= 0.3 is 0 Å². The molecule has 1 amide bonds. The summed E-state index contributed by atoms with van der Waals surface area (Å²) in [4.78, 5) is 19.0. The zero-order valence-corrected chi connectivity index (χ0v) is 17.7. The molecule has 1 atom stereocenters. The lowest BCUT2D eigenvalue weighted by molar-refractivity contribution is -0.121. The molecule has 2 N–H and O–H groups in total. The van der Waals surface area contributed by atoms with Crippen molar-refractivity contribution in [2.24, 2.45) is 5.92 Å². The van der Waals surface area contributed by atoms with Gasteiger partial charge in [0.05, 0.1) is 0 Å². The minimum Gasteiger partial charge on any atom is -0.357 e. The lowest BCUT2D eigenvalue weighted by atomic mass is 9.99. The van der Waals surface area contributed by atoms with Crippen molar-refractivity contribution in [3.8, 4) is 0 Å². The van der Waals surface area contributed by atoms with Gasteiger partial charge in [-0.25, -0.2) is 4.98 Å². The molecule has 0 spiro atoms. The lowest BCUT2D eigenvalue weighted by Gasteiger charge is -2.31. The van der Waals surface area contributed by atoms with Crippen molar-refractivity contribution < 1.29 is 4.79 Å². The highest BCUT2D eigenvalue weighted by atomic mass is 35.5. The second kappa shape index (κ2) is 11.9. The number of anilines is 1. The molecule has 3 heterocycles. The van der Waals surface area contributed by atoms with E-state index in [1.54, 1.807) is 0 Å². The molecule has 2 aliphatic heterocycles. The molecule has 3 rings (SSSR count). The molecule has 0 aromatic carbocycles. The molecule has 1 aromatic rings. The van der Waals surface area contributed by atoms with Crippen LogP contribution in [0.15, 0.2) is 18.3 Å². The van der Waals surface area contributed by atoms with E-state index < -0.39 is 0 Å². The molecule has 0 radical (unpaired) electrons. The van der Waals surface area contributed by atoms with Crippen molar-refractivity contribution in [3.05, 3.63) is 23.9 Å². The van der Waals surface area contributed by atoms with Crippen molar-refractivity contribution in [1.29, 1.82) is 0 Å². The molecule has 1 aromatic heterocycles. The van der Waals surface area contributed by atoms with Gasteiger partial charge in [0.15, 0.2) is 0 Å². The number of hydrogen-bond acceptors (Lipinski definition) is 5. The number of halogens is 2. The summed E-state index contributed by atoms with van der Waals surface area (Å²) in [6, 6.07) is 4.47. The van der Waals surface area contributed by atoms with E-state index in [9.17, 15) is 4.79 Å². The summed E-state index contributed by atoms with van der Waals surface area (Å²) in [7, 11) is 0. The number of carbonyl (C=O) groups excluding carboxylic acids is 1. The van der Waals surface area contributed by atoms with Crippen molar-refractivity contribution in [2.45, 2.75) is 38.8 Å². The minimum absolute atomic E-state index is 0. The molecule has 2 aliphatic rings. The first kappa shape index (κ1) is 23.3. The van der Waals surface area contributed by atoms with Crippen LogP contribution in [0.2, 0.25) is 0 Å². The molecule has 0 bridgehead atoms. The van der Waals surface area contributed by atoms with Gasteiger partial charge in [-0.3, -0.25) is 4.79 Å². The normalized spacial score (nSPS) is 20.7. The van der Waals surface area contributed by atoms with Crippen LogP contribution >= 0.6 is 36.6 Å². The number of piperidine rings is 1. The number of rotatable bonds is 5. The molecule has 0 saturated carbocycles. The average Bonchev–Trinajstić information content (AvgIpc) is 2.62. The highest BCUT2D eigenvalue weighted by molar-refractivity contribution is 7.99. The van der Waals surface area contributed by atoms with E-state index in [0.29, 0.717) is 19.0 Å². The molecular formula is C18H30Cl2N4OS. The predicted molar refractivity (Wildman–Crippen MR) is 115 cm³/mol. The number of amides is 1. The molecule has 26 heavy (non-hydrogen) atoms. The monoisotopic (exact) mass is 420 g/mol. The van der Waals surface area contributed by atoms with Crippen molar-refractivity contribution in [1.82, 2.24) is 15.6 Å². The SMILES string of the molecule is CC1CCN(c2ccc(CNC(=O)CC3CSCCN3)cn2)CC1.Cl.Cl.